The Bertz CT molecular complexity index is 502. The molecule has 2 aromatic rings. The van der Waals surface area contributed by atoms with E-state index in [1.54, 1.807) is 23.5 Å². The quantitative estimate of drug-likeness (QED) is 0.721. The summed E-state index contributed by atoms with van der Waals surface area (Å²) >= 11 is 1.56. The average Bonchev–Trinajstić information content (AvgIpc) is 2.65. The van der Waals surface area contributed by atoms with E-state index in [9.17, 15) is 4.79 Å². The molecule has 0 atom stereocenters. The Morgan fingerprint density at radius 2 is 2.27 bits per heavy atom. The fourth-order valence-corrected chi connectivity index (χ4v) is 2.09. The molecular formula is C12H9NOS. The molecule has 74 valence electrons. The molecule has 0 amide bonds. The van der Waals surface area contributed by atoms with Crippen LogP contribution in [0.25, 0.3) is 10.6 Å². The highest BCUT2D eigenvalue weighted by Crippen LogP contribution is 2.24. The first kappa shape index (κ1) is 10.1. The van der Waals surface area contributed by atoms with Crippen LogP contribution in [0.5, 0.6) is 0 Å². The molecule has 0 saturated carbocycles. The van der Waals surface area contributed by atoms with Crippen molar-refractivity contribution in [2.75, 3.05) is 0 Å². The molecule has 2 rings (SSSR count). The Morgan fingerprint density at radius 3 is 2.87 bits per heavy atom. The van der Waals surface area contributed by atoms with Gasteiger partial charge in [-0.2, -0.15) is 0 Å². The maximum absolute atomic E-state index is 11.0. The summed E-state index contributed by atoms with van der Waals surface area (Å²) in [5.74, 6) is -0.412. The number of nitrogens with zero attached hydrogens (tertiary/aromatic N) is 1. The van der Waals surface area contributed by atoms with Crippen molar-refractivity contribution in [3.63, 3.8) is 0 Å². The third-order valence-electron chi connectivity index (χ3n) is 2.01. The van der Waals surface area contributed by atoms with Crippen LogP contribution in [0.3, 0.4) is 0 Å². The number of aromatic nitrogens is 1. The number of carbonyl (C=O) groups excluding carboxylic acids is 1. The van der Waals surface area contributed by atoms with Gasteiger partial charge in [-0.25, -0.2) is 4.98 Å². The molecule has 0 aliphatic carbocycles. The van der Waals surface area contributed by atoms with Crippen LogP contribution in [0.4, 0.5) is 0 Å². The van der Waals surface area contributed by atoms with E-state index in [0.717, 1.165) is 16.3 Å². The summed E-state index contributed by atoms with van der Waals surface area (Å²) in [5.41, 5.74) is 2.43. The molecule has 1 aromatic heterocycles. The number of benzene rings is 1. The van der Waals surface area contributed by atoms with Gasteiger partial charge in [0.25, 0.3) is 0 Å². The topological polar surface area (TPSA) is 30.0 Å². The van der Waals surface area contributed by atoms with E-state index in [1.165, 1.54) is 0 Å². The van der Waals surface area contributed by atoms with E-state index in [4.69, 9.17) is 6.92 Å². The molecule has 2 radical (unpaired) electrons. The monoisotopic (exact) mass is 215 g/mol. The van der Waals surface area contributed by atoms with Crippen LogP contribution in [-0.2, 0) is 0 Å². The summed E-state index contributed by atoms with van der Waals surface area (Å²) in [6, 6.07) is 7.20. The maximum Gasteiger partial charge on any atom is 0.167 e. The zero-order valence-corrected chi connectivity index (χ0v) is 9.04. The predicted molar refractivity (Wildman–Crippen MR) is 60.9 cm³/mol. The summed E-state index contributed by atoms with van der Waals surface area (Å²) in [4.78, 5) is 15.3. The van der Waals surface area contributed by atoms with Crippen molar-refractivity contribution in [2.24, 2.45) is 0 Å². The van der Waals surface area contributed by atoms with Crippen LogP contribution < -0.4 is 0 Å². The molecule has 0 N–H and O–H groups in total. The van der Waals surface area contributed by atoms with Gasteiger partial charge in [0.05, 0.1) is 0 Å². The van der Waals surface area contributed by atoms with Crippen molar-refractivity contribution in [1.82, 2.24) is 4.98 Å². The third-order valence-corrected chi connectivity index (χ3v) is 3.02. The molecule has 3 heteroatoms. The van der Waals surface area contributed by atoms with E-state index in [-0.39, 0.29) is 0 Å². The highest BCUT2D eigenvalue weighted by Gasteiger charge is 2.05. The van der Waals surface area contributed by atoms with E-state index in [2.05, 4.69) is 4.98 Å². The van der Waals surface area contributed by atoms with Crippen LogP contribution in [0.15, 0.2) is 29.6 Å². The summed E-state index contributed by atoms with van der Waals surface area (Å²) in [6.07, 6.45) is 0. The average molecular weight is 215 g/mol. The van der Waals surface area contributed by atoms with Gasteiger partial charge in [0.15, 0.2) is 5.78 Å². The molecular weight excluding hydrogens is 206 g/mol. The molecule has 0 saturated heterocycles. The van der Waals surface area contributed by atoms with Crippen molar-refractivity contribution in [1.29, 1.82) is 0 Å². The number of hydrogen-bond donors (Lipinski definition) is 0. The minimum Gasteiger partial charge on any atom is -0.294 e. The molecule has 0 unspecified atom stereocenters. The first-order chi connectivity index (χ1) is 7.16. The van der Waals surface area contributed by atoms with Crippen LogP contribution >= 0.6 is 11.3 Å². The molecule has 0 spiro atoms. The zero-order valence-electron chi connectivity index (χ0n) is 8.23. The lowest BCUT2D eigenvalue weighted by Gasteiger charge is -1.98. The molecule has 2 nitrogen and oxygen atoms in total. The number of rotatable bonds is 2. The summed E-state index contributed by atoms with van der Waals surface area (Å²) < 4.78 is 0. The molecule has 1 aromatic carbocycles. The van der Waals surface area contributed by atoms with Crippen LogP contribution in [0.1, 0.15) is 16.1 Å². The first-order valence-electron chi connectivity index (χ1n) is 4.49. The molecule has 0 bridgehead atoms. The van der Waals surface area contributed by atoms with Gasteiger partial charge < -0.3 is 0 Å². The van der Waals surface area contributed by atoms with E-state index >= 15 is 0 Å². The van der Waals surface area contributed by atoms with Gasteiger partial charge in [0, 0.05) is 29.1 Å². The number of thiazole rings is 1. The van der Waals surface area contributed by atoms with Crippen LogP contribution in [0, 0.1) is 13.8 Å². The number of hydrogen-bond acceptors (Lipinski definition) is 3. The second-order valence-electron chi connectivity index (χ2n) is 3.24. The Kier molecular flexibility index (Phi) is 2.64. The van der Waals surface area contributed by atoms with Gasteiger partial charge in [0.2, 0.25) is 0 Å². The lowest BCUT2D eigenvalue weighted by atomic mass is 10.1. The molecule has 1 heterocycles. The SMILES string of the molecule is [CH]C(=O)c1cccc(-c2nc(C)cs2)c1. The fourth-order valence-electron chi connectivity index (χ4n) is 1.29. The summed E-state index contributed by atoms with van der Waals surface area (Å²) in [6.45, 7) is 7.15. The lowest BCUT2D eigenvalue weighted by molar-refractivity contribution is 0.104. The van der Waals surface area contributed by atoms with Crippen molar-refractivity contribution < 1.29 is 4.79 Å². The van der Waals surface area contributed by atoms with Crippen molar-refractivity contribution in [2.45, 2.75) is 6.92 Å². The Labute approximate surface area is 92.6 Å². The zero-order chi connectivity index (χ0) is 10.8. The molecule has 0 aliphatic heterocycles. The minimum atomic E-state index is -0.412. The third kappa shape index (κ3) is 2.13. The summed E-state index contributed by atoms with van der Waals surface area (Å²) in [7, 11) is 0. The Hall–Kier alpha value is -1.48. The van der Waals surface area contributed by atoms with Crippen LogP contribution in [0.2, 0.25) is 0 Å². The molecule has 0 fully saturated rings. The van der Waals surface area contributed by atoms with Crippen molar-refractivity contribution in [3.05, 3.63) is 47.8 Å². The minimum absolute atomic E-state index is 0.412. The smallest absolute Gasteiger partial charge is 0.167 e. The fraction of sp³-hybridized carbons (Fsp3) is 0.0833. The Morgan fingerprint density at radius 1 is 1.47 bits per heavy atom. The van der Waals surface area contributed by atoms with Gasteiger partial charge in [-0.15, -0.1) is 11.3 Å². The highest BCUT2D eigenvalue weighted by atomic mass is 32.1. The summed E-state index contributed by atoms with van der Waals surface area (Å²) in [5, 5.41) is 2.89. The number of carbonyl (C=O) groups is 1. The largest absolute Gasteiger partial charge is 0.294 e. The van der Waals surface area contributed by atoms with Crippen molar-refractivity contribution >= 4 is 17.1 Å². The van der Waals surface area contributed by atoms with E-state index in [0.29, 0.717) is 5.56 Å². The number of aryl methyl sites for hydroxylation is 1. The predicted octanol–water partition coefficient (Wildman–Crippen LogP) is 3.01. The molecule has 15 heavy (non-hydrogen) atoms. The number of ketones is 1. The van der Waals surface area contributed by atoms with Gasteiger partial charge in [0.1, 0.15) is 5.01 Å². The van der Waals surface area contributed by atoms with Gasteiger partial charge in [-0.3, -0.25) is 4.79 Å². The molecule has 0 aliphatic rings. The standard InChI is InChI=1S/C12H9NOS/c1-8-7-15-12(13-8)11-5-3-4-10(6-11)9(2)14/h2-7H,1H3. The van der Waals surface area contributed by atoms with Crippen molar-refractivity contribution in [3.8, 4) is 10.6 Å². The van der Waals surface area contributed by atoms with E-state index < -0.39 is 5.78 Å². The lowest BCUT2D eigenvalue weighted by Crippen LogP contribution is -1.91. The first-order valence-corrected chi connectivity index (χ1v) is 5.37. The normalized spacial score (nSPS) is 10.3. The Balaban J connectivity index is 2.45. The maximum atomic E-state index is 11.0. The van der Waals surface area contributed by atoms with Gasteiger partial charge in [-0.05, 0) is 13.0 Å². The van der Waals surface area contributed by atoms with E-state index in [1.807, 2.05) is 24.4 Å². The highest BCUT2D eigenvalue weighted by molar-refractivity contribution is 7.13. The van der Waals surface area contributed by atoms with Gasteiger partial charge >= 0.3 is 0 Å². The number of Topliss-reactive ketones (excluding diaryl/α,β-unsaturated/α-hetero) is 1. The van der Waals surface area contributed by atoms with Crippen LogP contribution in [-0.4, -0.2) is 10.8 Å². The second kappa shape index (κ2) is 3.95. The second-order valence-corrected chi connectivity index (χ2v) is 4.10. The van der Waals surface area contributed by atoms with Gasteiger partial charge in [-0.1, -0.05) is 18.2 Å².